The number of pyridine rings is 1. The minimum absolute atomic E-state index is 0.0231. The van der Waals surface area contributed by atoms with Gasteiger partial charge in [-0.15, -0.1) is 0 Å². The van der Waals surface area contributed by atoms with Gasteiger partial charge in [0.05, 0.1) is 6.61 Å². The zero-order chi connectivity index (χ0) is 24.7. The Bertz CT molecular complexity index is 1130. The van der Waals surface area contributed by atoms with E-state index >= 15 is 0 Å². The summed E-state index contributed by atoms with van der Waals surface area (Å²) in [6.45, 7) is 8.10. The molecule has 186 valence electrons. The molecule has 1 aromatic heterocycles. The van der Waals surface area contributed by atoms with Gasteiger partial charge in [0.1, 0.15) is 23.7 Å². The third kappa shape index (κ3) is 7.44. The fourth-order valence-electron chi connectivity index (χ4n) is 4.32. The molecular formula is C29H36N2O4. The van der Waals surface area contributed by atoms with Crippen molar-refractivity contribution in [2.24, 2.45) is 0 Å². The predicted octanol–water partition coefficient (Wildman–Crippen LogP) is 4.34. The molecule has 0 unspecified atom stereocenters. The first-order valence-electron chi connectivity index (χ1n) is 12.4. The van der Waals surface area contributed by atoms with Gasteiger partial charge in [-0.2, -0.15) is 0 Å². The number of benzene rings is 2. The summed E-state index contributed by atoms with van der Waals surface area (Å²) in [6.07, 6.45) is 4.05. The van der Waals surface area contributed by atoms with Gasteiger partial charge in [-0.1, -0.05) is 35.9 Å². The summed E-state index contributed by atoms with van der Waals surface area (Å²) in [5.74, 6) is 1.64. The summed E-state index contributed by atoms with van der Waals surface area (Å²) in [4.78, 5) is 14.2. The Hall–Kier alpha value is -3.09. The van der Waals surface area contributed by atoms with Crippen LogP contribution in [0.4, 0.5) is 0 Å². The summed E-state index contributed by atoms with van der Waals surface area (Å²) in [7, 11) is 0. The number of hydrogen-bond donors (Lipinski definition) is 1. The quantitative estimate of drug-likeness (QED) is 0.441. The molecule has 1 aliphatic rings. The Balaban J connectivity index is 1.17. The van der Waals surface area contributed by atoms with Gasteiger partial charge in [-0.05, 0) is 68.5 Å². The Labute approximate surface area is 207 Å². The van der Waals surface area contributed by atoms with Gasteiger partial charge >= 0.3 is 0 Å². The number of nitrogens with zero attached hydrogens (tertiary/aromatic N) is 2. The van der Waals surface area contributed by atoms with E-state index in [4.69, 9.17) is 9.47 Å². The highest BCUT2D eigenvalue weighted by Gasteiger charge is 2.33. The number of hydrogen-bond acceptors (Lipinski definition) is 5. The monoisotopic (exact) mass is 476 g/mol. The summed E-state index contributed by atoms with van der Waals surface area (Å²) in [5.41, 5.74) is 2.75. The number of likely N-dealkylation sites (tertiary alicyclic amines) is 1. The first-order valence-corrected chi connectivity index (χ1v) is 12.4. The van der Waals surface area contributed by atoms with Crippen molar-refractivity contribution >= 4 is 0 Å². The smallest absolute Gasteiger partial charge is 0.250 e. The van der Waals surface area contributed by atoms with Crippen LogP contribution in [0.1, 0.15) is 36.0 Å². The third-order valence-corrected chi connectivity index (χ3v) is 6.59. The molecule has 1 fully saturated rings. The highest BCUT2D eigenvalue weighted by molar-refractivity contribution is 5.28. The molecule has 35 heavy (non-hydrogen) atoms. The topological polar surface area (TPSA) is 63.9 Å². The van der Waals surface area contributed by atoms with Crippen molar-refractivity contribution in [3.8, 4) is 11.5 Å². The van der Waals surface area contributed by atoms with Crippen LogP contribution in [0.2, 0.25) is 0 Å². The maximum absolute atomic E-state index is 11.9. The van der Waals surface area contributed by atoms with Crippen molar-refractivity contribution in [3.05, 3.63) is 93.9 Å². The molecule has 0 atom stereocenters. The van der Waals surface area contributed by atoms with Gasteiger partial charge < -0.3 is 19.1 Å². The summed E-state index contributed by atoms with van der Waals surface area (Å²) in [6, 6.07) is 19.6. The van der Waals surface area contributed by atoms with Crippen molar-refractivity contribution in [2.45, 2.75) is 51.8 Å². The lowest BCUT2D eigenvalue weighted by Gasteiger charge is -2.38. The molecule has 0 spiro atoms. The zero-order valence-electron chi connectivity index (χ0n) is 20.8. The van der Waals surface area contributed by atoms with Crippen molar-refractivity contribution < 1.29 is 14.6 Å². The van der Waals surface area contributed by atoms with E-state index in [1.807, 2.05) is 62.5 Å². The van der Waals surface area contributed by atoms with Gasteiger partial charge in [-0.25, -0.2) is 0 Å². The molecule has 0 aliphatic carbocycles. The minimum atomic E-state index is -0.775. The van der Waals surface area contributed by atoms with E-state index < -0.39 is 5.60 Å². The second-order valence-corrected chi connectivity index (χ2v) is 9.69. The molecule has 2 aromatic carbocycles. The predicted molar refractivity (Wildman–Crippen MR) is 138 cm³/mol. The van der Waals surface area contributed by atoms with Crippen LogP contribution in [0.3, 0.4) is 0 Å². The Morgan fingerprint density at radius 1 is 0.857 bits per heavy atom. The summed E-state index contributed by atoms with van der Waals surface area (Å²) in [5, 5.41) is 10.9. The second-order valence-electron chi connectivity index (χ2n) is 9.69. The lowest BCUT2D eigenvalue weighted by Crippen LogP contribution is -2.47. The molecule has 6 heteroatoms. The molecule has 6 nitrogen and oxygen atoms in total. The van der Waals surface area contributed by atoms with Gasteiger partial charge in [0.15, 0.2) is 0 Å². The number of rotatable bonds is 10. The van der Waals surface area contributed by atoms with Crippen LogP contribution in [0, 0.1) is 13.8 Å². The van der Waals surface area contributed by atoms with E-state index in [-0.39, 0.29) is 5.56 Å². The van der Waals surface area contributed by atoms with Crippen LogP contribution in [-0.2, 0) is 13.1 Å². The highest BCUT2D eigenvalue weighted by atomic mass is 16.5. The van der Waals surface area contributed by atoms with Crippen LogP contribution < -0.4 is 15.0 Å². The normalized spacial score (nSPS) is 15.6. The average molecular weight is 477 g/mol. The average Bonchev–Trinajstić information content (AvgIpc) is 2.86. The third-order valence-electron chi connectivity index (χ3n) is 6.59. The van der Waals surface area contributed by atoms with Crippen LogP contribution in [0.15, 0.2) is 71.7 Å². The lowest BCUT2D eigenvalue weighted by molar-refractivity contribution is -0.0537. The van der Waals surface area contributed by atoms with Crippen molar-refractivity contribution in [1.82, 2.24) is 9.47 Å². The van der Waals surface area contributed by atoms with E-state index in [2.05, 4.69) is 17.0 Å². The molecule has 4 rings (SSSR count). The molecule has 3 aromatic rings. The Morgan fingerprint density at radius 3 is 2.20 bits per heavy atom. The number of aliphatic hydroxyl groups is 1. The molecule has 0 amide bonds. The largest absolute Gasteiger partial charge is 0.494 e. The van der Waals surface area contributed by atoms with Crippen molar-refractivity contribution in [2.75, 3.05) is 26.3 Å². The highest BCUT2D eigenvalue weighted by Crippen LogP contribution is 2.25. The maximum Gasteiger partial charge on any atom is 0.250 e. The zero-order valence-corrected chi connectivity index (χ0v) is 20.8. The van der Waals surface area contributed by atoms with Crippen molar-refractivity contribution in [1.29, 1.82) is 0 Å². The first kappa shape index (κ1) is 25.0. The van der Waals surface area contributed by atoms with Crippen LogP contribution in [0.25, 0.3) is 0 Å². The van der Waals surface area contributed by atoms with Gasteiger partial charge in [-0.3, -0.25) is 9.69 Å². The number of piperidine rings is 1. The molecule has 0 radical (unpaired) electrons. The molecule has 2 heterocycles. The van der Waals surface area contributed by atoms with Gasteiger partial charge in [0.2, 0.25) is 0 Å². The second kappa shape index (κ2) is 11.6. The Kier molecular flexibility index (Phi) is 8.26. The van der Waals surface area contributed by atoms with E-state index in [1.54, 1.807) is 10.6 Å². The molecular weight excluding hydrogens is 440 g/mol. The van der Waals surface area contributed by atoms with Crippen molar-refractivity contribution in [3.63, 3.8) is 0 Å². The summed E-state index contributed by atoms with van der Waals surface area (Å²) >= 11 is 0. The fourth-order valence-corrected chi connectivity index (χ4v) is 4.32. The van der Waals surface area contributed by atoms with Crippen LogP contribution in [-0.4, -0.2) is 46.5 Å². The van der Waals surface area contributed by atoms with E-state index in [0.717, 1.165) is 43.1 Å². The molecule has 1 N–H and O–H groups in total. The minimum Gasteiger partial charge on any atom is -0.494 e. The number of ether oxygens (including phenoxy) is 2. The van der Waals surface area contributed by atoms with Crippen LogP contribution in [0.5, 0.6) is 11.5 Å². The molecule has 0 saturated carbocycles. The Morgan fingerprint density at radius 2 is 1.49 bits per heavy atom. The van der Waals surface area contributed by atoms with Crippen LogP contribution >= 0.6 is 0 Å². The van der Waals surface area contributed by atoms with E-state index in [1.165, 1.54) is 11.1 Å². The fraction of sp³-hybridized carbons (Fsp3) is 0.414. The summed E-state index contributed by atoms with van der Waals surface area (Å²) < 4.78 is 13.4. The molecule has 1 saturated heterocycles. The van der Waals surface area contributed by atoms with Gasteiger partial charge in [0, 0.05) is 38.4 Å². The number of aromatic nitrogens is 1. The van der Waals surface area contributed by atoms with Gasteiger partial charge in [0.25, 0.3) is 5.56 Å². The SMILES string of the molecule is Cc1ccc(OCC2(O)CCN(Cc3ccc(OCCCn4cc(C)ccc4=O)cc3)CC2)cc1. The maximum atomic E-state index is 11.9. The van der Waals surface area contributed by atoms with E-state index in [0.29, 0.717) is 32.6 Å². The molecule has 0 bridgehead atoms. The van der Waals surface area contributed by atoms with E-state index in [9.17, 15) is 9.90 Å². The molecule has 1 aliphatic heterocycles. The number of aryl methyl sites for hydroxylation is 3. The first-order chi connectivity index (χ1) is 16.9. The standard InChI is InChI=1S/C29H36N2O4/c1-23-4-9-27(10-5-23)35-22-29(33)14-17-30(18-15-29)21-25-7-11-26(12-8-25)34-19-3-16-31-20-24(2)6-13-28(31)32/h4-13,20,33H,3,14-19,21-22H2,1-2H3. The lowest BCUT2D eigenvalue weighted by atomic mass is 9.92.